The molecule has 1 nitrogen and oxygen atoms in total. The standard InChI is InChI=1S/C16H12F4O/c1-2-15(21)13-7-6-12(17)9-14(13)10-4-3-5-11(8-10)16(18,19)20/h3-9H,2H2,1H3. The fourth-order valence-electron chi connectivity index (χ4n) is 2.05. The molecule has 21 heavy (non-hydrogen) atoms. The Morgan fingerprint density at radius 2 is 1.81 bits per heavy atom. The first kappa shape index (κ1) is 15.2. The molecule has 0 spiro atoms. The van der Waals surface area contributed by atoms with Crippen LogP contribution in [-0.2, 0) is 6.18 Å². The zero-order chi connectivity index (χ0) is 15.6. The molecule has 0 heterocycles. The zero-order valence-corrected chi connectivity index (χ0v) is 11.2. The van der Waals surface area contributed by atoms with Crippen LogP contribution >= 0.6 is 0 Å². The lowest BCUT2D eigenvalue weighted by atomic mass is 9.95. The number of ketones is 1. The van der Waals surface area contributed by atoms with Crippen LogP contribution in [0.2, 0.25) is 0 Å². The fourth-order valence-corrected chi connectivity index (χ4v) is 2.05. The van der Waals surface area contributed by atoms with Crippen LogP contribution in [-0.4, -0.2) is 5.78 Å². The molecule has 0 saturated carbocycles. The number of halogens is 4. The van der Waals surface area contributed by atoms with Gasteiger partial charge in [-0.1, -0.05) is 19.1 Å². The molecule has 0 saturated heterocycles. The summed E-state index contributed by atoms with van der Waals surface area (Å²) < 4.78 is 51.6. The highest BCUT2D eigenvalue weighted by Gasteiger charge is 2.30. The van der Waals surface area contributed by atoms with Gasteiger partial charge in [-0.15, -0.1) is 0 Å². The minimum absolute atomic E-state index is 0.168. The van der Waals surface area contributed by atoms with E-state index in [1.54, 1.807) is 6.92 Å². The average molecular weight is 296 g/mol. The van der Waals surface area contributed by atoms with Crippen molar-refractivity contribution >= 4 is 5.78 Å². The number of hydrogen-bond donors (Lipinski definition) is 0. The molecular weight excluding hydrogens is 284 g/mol. The molecule has 2 rings (SSSR count). The highest BCUT2D eigenvalue weighted by molar-refractivity contribution is 6.02. The Morgan fingerprint density at radius 3 is 2.43 bits per heavy atom. The molecule has 0 aliphatic carbocycles. The Balaban J connectivity index is 2.61. The van der Waals surface area contributed by atoms with Crippen LogP contribution in [0.5, 0.6) is 0 Å². The van der Waals surface area contributed by atoms with Gasteiger partial charge < -0.3 is 0 Å². The molecule has 0 amide bonds. The number of rotatable bonds is 3. The average Bonchev–Trinajstić information content (AvgIpc) is 2.45. The lowest BCUT2D eigenvalue weighted by Crippen LogP contribution is -2.05. The molecule has 0 aliphatic heterocycles. The molecule has 0 atom stereocenters. The number of carbonyl (C=O) groups excluding carboxylic acids is 1. The van der Waals surface area contributed by atoms with Gasteiger partial charge in [-0.25, -0.2) is 4.39 Å². The highest BCUT2D eigenvalue weighted by Crippen LogP contribution is 2.33. The number of alkyl halides is 3. The van der Waals surface area contributed by atoms with Gasteiger partial charge in [0.05, 0.1) is 5.56 Å². The van der Waals surface area contributed by atoms with Gasteiger partial charge in [-0.3, -0.25) is 4.79 Å². The summed E-state index contributed by atoms with van der Waals surface area (Å²) in [5.41, 5.74) is -0.272. The summed E-state index contributed by atoms with van der Waals surface area (Å²) >= 11 is 0. The van der Waals surface area contributed by atoms with E-state index in [9.17, 15) is 22.4 Å². The van der Waals surface area contributed by atoms with E-state index in [4.69, 9.17) is 0 Å². The van der Waals surface area contributed by atoms with Crippen molar-refractivity contribution in [2.24, 2.45) is 0 Å². The van der Waals surface area contributed by atoms with Crippen LogP contribution in [0, 0.1) is 5.82 Å². The Labute approximate surface area is 119 Å². The molecule has 2 aromatic rings. The molecule has 0 fully saturated rings. The summed E-state index contributed by atoms with van der Waals surface area (Å²) in [6.07, 6.45) is -4.30. The third kappa shape index (κ3) is 3.29. The minimum Gasteiger partial charge on any atom is -0.294 e. The van der Waals surface area contributed by atoms with E-state index in [0.29, 0.717) is 0 Å². The maximum Gasteiger partial charge on any atom is 0.416 e. The van der Waals surface area contributed by atoms with Crippen LogP contribution in [0.3, 0.4) is 0 Å². The van der Waals surface area contributed by atoms with Crippen molar-refractivity contribution in [2.75, 3.05) is 0 Å². The first-order valence-electron chi connectivity index (χ1n) is 6.33. The van der Waals surface area contributed by atoms with Gasteiger partial charge in [0.15, 0.2) is 5.78 Å². The first-order valence-corrected chi connectivity index (χ1v) is 6.33. The van der Waals surface area contributed by atoms with Crippen molar-refractivity contribution < 1.29 is 22.4 Å². The van der Waals surface area contributed by atoms with Crippen molar-refractivity contribution in [3.8, 4) is 11.1 Å². The van der Waals surface area contributed by atoms with Crippen molar-refractivity contribution in [3.63, 3.8) is 0 Å². The molecule has 2 aromatic carbocycles. The predicted octanol–water partition coefficient (Wildman–Crippen LogP) is 5.10. The van der Waals surface area contributed by atoms with Gasteiger partial charge in [0.25, 0.3) is 0 Å². The molecule has 0 aromatic heterocycles. The molecule has 0 radical (unpaired) electrons. The van der Waals surface area contributed by atoms with Crippen molar-refractivity contribution in [2.45, 2.75) is 19.5 Å². The van der Waals surface area contributed by atoms with E-state index in [1.807, 2.05) is 0 Å². The molecule has 0 bridgehead atoms. The summed E-state index contributed by atoms with van der Waals surface area (Å²) in [5.74, 6) is -0.850. The van der Waals surface area contributed by atoms with Crippen molar-refractivity contribution in [1.29, 1.82) is 0 Å². The summed E-state index contributed by atoms with van der Waals surface area (Å²) in [7, 11) is 0. The van der Waals surface area contributed by atoms with Crippen molar-refractivity contribution in [3.05, 3.63) is 59.4 Å². The van der Waals surface area contributed by atoms with Crippen LogP contribution in [0.15, 0.2) is 42.5 Å². The second-order valence-corrected chi connectivity index (χ2v) is 4.55. The van der Waals surface area contributed by atoms with E-state index in [2.05, 4.69) is 0 Å². The predicted molar refractivity (Wildman–Crippen MR) is 71.5 cm³/mol. The summed E-state index contributed by atoms with van der Waals surface area (Å²) in [6, 6.07) is 8.03. The molecular formula is C16H12F4O. The molecule has 5 heteroatoms. The lowest BCUT2D eigenvalue weighted by Gasteiger charge is -2.12. The topological polar surface area (TPSA) is 17.1 Å². The van der Waals surface area contributed by atoms with Gasteiger partial charge in [-0.2, -0.15) is 13.2 Å². The van der Waals surface area contributed by atoms with Gasteiger partial charge in [0, 0.05) is 12.0 Å². The van der Waals surface area contributed by atoms with Gasteiger partial charge in [-0.05, 0) is 41.5 Å². The van der Waals surface area contributed by atoms with Gasteiger partial charge in [0.2, 0.25) is 0 Å². The number of carbonyl (C=O) groups is 1. The van der Waals surface area contributed by atoms with E-state index >= 15 is 0 Å². The Hall–Kier alpha value is -2.17. The van der Waals surface area contributed by atoms with Gasteiger partial charge >= 0.3 is 6.18 Å². The Bertz CT molecular complexity index is 674. The quantitative estimate of drug-likeness (QED) is 0.568. The van der Waals surface area contributed by atoms with Crippen molar-refractivity contribution in [1.82, 2.24) is 0 Å². The maximum absolute atomic E-state index is 13.4. The van der Waals surface area contributed by atoms with Crippen LogP contribution in [0.25, 0.3) is 11.1 Å². The molecule has 110 valence electrons. The molecule has 0 unspecified atom stereocenters. The third-order valence-corrected chi connectivity index (χ3v) is 3.10. The highest BCUT2D eigenvalue weighted by atomic mass is 19.4. The molecule has 0 N–H and O–H groups in total. The SMILES string of the molecule is CCC(=O)c1ccc(F)cc1-c1cccc(C(F)(F)F)c1. The molecule has 0 aliphatic rings. The van der Waals surface area contributed by atoms with Crippen LogP contribution < -0.4 is 0 Å². The Morgan fingerprint density at radius 1 is 1.10 bits per heavy atom. The minimum atomic E-state index is -4.49. The summed E-state index contributed by atoms with van der Waals surface area (Å²) in [5, 5.41) is 0. The third-order valence-electron chi connectivity index (χ3n) is 3.10. The summed E-state index contributed by atoms with van der Waals surface area (Å²) in [4.78, 5) is 11.9. The van der Waals surface area contributed by atoms with E-state index in [-0.39, 0.29) is 28.9 Å². The lowest BCUT2D eigenvalue weighted by molar-refractivity contribution is -0.137. The summed E-state index contributed by atoms with van der Waals surface area (Å²) in [6.45, 7) is 1.64. The number of benzene rings is 2. The van der Waals surface area contributed by atoms with E-state index in [0.717, 1.165) is 24.3 Å². The number of hydrogen-bond acceptors (Lipinski definition) is 1. The van der Waals surface area contributed by atoms with Crippen LogP contribution in [0.4, 0.5) is 17.6 Å². The maximum atomic E-state index is 13.4. The second-order valence-electron chi connectivity index (χ2n) is 4.55. The largest absolute Gasteiger partial charge is 0.416 e. The zero-order valence-electron chi connectivity index (χ0n) is 11.2. The van der Waals surface area contributed by atoms with Gasteiger partial charge in [0.1, 0.15) is 5.82 Å². The second kappa shape index (κ2) is 5.68. The first-order chi connectivity index (χ1) is 9.82. The van der Waals surface area contributed by atoms with E-state index in [1.165, 1.54) is 18.2 Å². The van der Waals surface area contributed by atoms with Crippen LogP contribution in [0.1, 0.15) is 29.3 Å². The smallest absolute Gasteiger partial charge is 0.294 e. The Kier molecular flexibility index (Phi) is 4.11. The monoisotopic (exact) mass is 296 g/mol. The normalized spacial score (nSPS) is 11.5. The number of Topliss-reactive ketones (excluding diaryl/α,β-unsaturated/α-hetero) is 1. The fraction of sp³-hybridized carbons (Fsp3) is 0.188. The van der Waals surface area contributed by atoms with E-state index < -0.39 is 17.6 Å².